The summed E-state index contributed by atoms with van der Waals surface area (Å²) >= 11 is 0. The molecule has 4 heteroatoms. The first-order chi connectivity index (χ1) is 7.72. The number of hydrogen-bond acceptors (Lipinski definition) is 4. The Bertz CT molecular complexity index is 477. The van der Waals surface area contributed by atoms with Crippen molar-refractivity contribution < 1.29 is 9.84 Å². The predicted molar refractivity (Wildman–Crippen MR) is 58.5 cm³/mol. The second kappa shape index (κ2) is 5.43. The second-order valence-corrected chi connectivity index (χ2v) is 2.91. The summed E-state index contributed by atoms with van der Waals surface area (Å²) in [4.78, 5) is 0. The lowest BCUT2D eigenvalue weighted by Crippen LogP contribution is -1.92. The molecule has 0 aromatic heterocycles. The van der Waals surface area contributed by atoms with E-state index in [1.165, 1.54) is 6.08 Å². The fourth-order valence-electron chi connectivity index (χ4n) is 1.17. The Morgan fingerprint density at radius 1 is 1.44 bits per heavy atom. The van der Waals surface area contributed by atoms with Crippen LogP contribution in [0.5, 0.6) is 11.5 Å². The molecular formula is C12H10N2O2. The van der Waals surface area contributed by atoms with E-state index in [9.17, 15) is 5.11 Å². The van der Waals surface area contributed by atoms with Crippen LogP contribution >= 0.6 is 0 Å². The number of hydrogen-bond donors (Lipinski definition) is 1. The van der Waals surface area contributed by atoms with Gasteiger partial charge < -0.3 is 9.84 Å². The summed E-state index contributed by atoms with van der Waals surface area (Å²) in [7, 11) is 0. The van der Waals surface area contributed by atoms with Crippen molar-refractivity contribution in [2.75, 3.05) is 6.61 Å². The molecule has 80 valence electrons. The molecule has 0 fully saturated rings. The van der Waals surface area contributed by atoms with Gasteiger partial charge in [-0.25, -0.2) is 0 Å². The van der Waals surface area contributed by atoms with Crippen molar-refractivity contribution in [1.29, 1.82) is 10.5 Å². The maximum absolute atomic E-state index is 9.77. The van der Waals surface area contributed by atoms with Crippen molar-refractivity contribution in [3.8, 4) is 23.6 Å². The molecule has 1 aromatic carbocycles. The van der Waals surface area contributed by atoms with E-state index in [0.717, 1.165) is 0 Å². The Kier molecular flexibility index (Phi) is 3.94. The molecule has 0 aliphatic rings. The minimum absolute atomic E-state index is 0.0626. The van der Waals surface area contributed by atoms with E-state index < -0.39 is 0 Å². The molecule has 0 saturated carbocycles. The molecule has 0 bridgehead atoms. The van der Waals surface area contributed by atoms with E-state index in [2.05, 4.69) is 0 Å². The number of benzene rings is 1. The largest absolute Gasteiger partial charge is 0.504 e. The molecule has 0 aliphatic carbocycles. The minimum Gasteiger partial charge on any atom is -0.504 e. The highest BCUT2D eigenvalue weighted by Crippen LogP contribution is 2.31. The van der Waals surface area contributed by atoms with Crippen molar-refractivity contribution in [1.82, 2.24) is 0 Å². The van der Waals surface area contributed by atoms with Gasteiger partial charge in [-0.1, -0.05) is 12.1 Å². The standard InChI is InChI=1S/C12H10N2O2/c1-2-16-11-5-3-4-10(12(11)15)6-9(7-13)8-14/h3-6,15H,2H2,1H3. The number of nitriles is 2. The van der Waals surface area contributed by atoms with Gasteiger partial charge in [-0.15, -0.1) is 0 Å². The molecule has 0 spiro atoms. The summed E-state index contributed by atoms with van der Waals surface area (Å²) in [6, 6.07) is 8.36. The van der Waals surface area contributed by atoms with Crippen LogP contribution in [0.4, 0.5) is 0 Å². The van der Waals surface area contributed by atoms with Crippen LogP contribution in [0.15, 0.2) is 23.8 Å². The number of aromatic hydroxyl groups is 1. The highest BCUT2D eigenvalue weighted by Gasteiger charge is 2.06. The Morgan fingerprint density at radius 2 is 2.12 bits per heavy atom. The van der Waals surface area contributed by atoms with Crippen LogP contribution in [0.25, 0.3) is 6.08 Å². The van der Waals surface area contributed by atoms with E-state index in [4.69, 9.17) is 15.3 Å². The molecule has 16 heavy (non-hydrogen) atoms. The predicted octanol–water partition coefficient (Wildman–Crippen LogP) is 2.22. The normalized spacial score (nSPS) is 8.69. The van der Waals surface area contributed by atoms with Gasteiger partial charge in [0, 0.05) is 5.56 Å². The molecule has 0 aliphatic heterocycles. The molecule has 0 radical (unpaired) electrons. The molecule has 0 unspecified atom stereocenters. The van der Waals surface area contributed by atoms with E-state index >= 15 is 0 Å². The minimum atomic E-state index is -0.0658. The number of para-hydroxylation sites is 1. The van der Waals surface area contributed by atoms with Gasteiger partial charge in [-0.2, -0.15) is 10.5 Å². The third-order valence-corrected chi connectivity index (χ3v) is 1.87. The summed E-state index contributed by atoms with van der Waals surface area (Å²) in [6.07, 6.45) is 1.32. The third-order valence-electron chi connectivity index (χ3n) is 1.87. The van der Waals surface area contributed by atoms with Gasteiger partial charge in [-0.05, 0) is 19.1 Å². The summed E-state index contributed by atoms with van der Waals surface area (Å²) in [6.45, 7) is 2.24. The van der Waals surface area contributed by atoms with Crippen molar-refractivity contribution >= 4 is 6.08 Å². The lowest BCUT2D eigenvalue weighted by Gasteiger charge is -2.07. The number of rotatable bonds is 3. The van der Waals surface area contributed by atoms with Crippen LogP contribution in [0.1, 0.15) is 12.5 Å². The first-order valence-corrected chi connectivity index (χ1v) is 4.69. The summed E-state index contributed by atoms with van der Waals surface area (Å²) in [5.41, 5.74) is 0.327. The first-order valence-electron chi connectivity index (χ1n) is 4.69. The van der Waals surface area contributed by atoms with Gasteiger partial charge in [0.05, 0.1) is 6.61 Å². The van der Waals surface area contributed by atoms with Gasteiger partial charge in [0.2, 0.25) is 0 Å². The lowest BCUT2D eigenvalue weighted by atomic mass is 10.1. The monoisotopic (exact) mass is 214 g/mol. The number of ether oxygens (including phenoxy) is 1. The van der Waals surface area contributed by atoms with E-state index in [1.807, 2.05) is 0 Å². The fourth-order valence-corrected chi connectivity index (χ4v) is 1.17. The van der Waals surface area contributed by atoms with Crippen molar-refractivity contribution in [2.24, 2.45) is 0 Å². The molecule has 0 atom stereocenters. The summed E-state index contributed by atoms with van der Waals surface area (Å²) < 4.78 is 5.18. The second-order valence-electron chi connectivity index (χ2n) is 2.91. The number of phenolic OH excluding ortho intramolecular Hbond substituents is 1. The molecule has 4 nitrogen and oxygen atoms in total. The fraction of sp³-hybridized carbons (Fsp3) is 0.167. The maximum atomic E-state index is 9.77. The van der Waals surface area contributed by atoms with Gasteiger partial charge in [-0.3, -0.25) is 0 Å². The number of allylic oxidation sites excluding steroid dienone is 1. The van der Waals surface area contributed by atoms with Crippen LogP contribution in [-0.4, -0.2) is 11.7 Å². The zero-order valence-corrected chi connectivity index (χ0v) is 8.77. The molecule has 0 saturated heterocycles. The van der Waals surface area contributed by atoms with Crippen molar-refractivity contribution in [2.45, 2.75) is 6.92 Å². The molecule has 0 heterocycles. The van der Waals surface area contributed by atoms with E-state index in [1.54, 1.807) is 37.3 Å². The molecule has 1 aromatic rings. The molecule has 1 N–H and O–H groups in total. The van der Waals surface area contributed by atoms with Crippen LogP contribution in [0.2, 0.25) is 0 Å². The van der Waals surface area contributed by atoms with Gasteiger partial charge >= 0.3 is 0 Å². The van der Waals surface area contributed by atoms with Gasteiger partial charge in [0.15, 0.2) is 11.5 Å². The topological polar surface area (TPSA) is 77.0 Å². The quantitative estimate of drug-likeness (QED) is 0.782. The van der Waals surface area contributed by atoms with Crippen LogP contribution < -0.4 is 4.74 Å². The smallest absolute Gasteiger partial charge is 0.165 e. The zero-order valence-electron chi connectivity index (χ0n) is 8.77. The van der Waals surface area contributed by atoms with Crippen molar-refractivity contribution in [3.63, 3.8) is 0 Å². The Morgan fingerprint density at radius 3 is 2.69 bits per heavy atom. The highest BCUT2D eigenvalue weighted by molar-refractivity contribution is 5.68. The van der Waals surface area contributed by atoms with E-state index in [-0.39, 0.29) is 11.3 Å². The third kappa shape index (κ3) is 2.52. The molecule has 1 rings (SSSR count). The average Bonchev–Trinajstić information content (AvgIpc) is 2.30. The average molecular weight is 214 g/mol. The summed E-state index contributed by atoms with van der Waals surface area (Å²) in [5.74, 6) is 0.277. The van der Waals surface area contributed by atoms with E-state index in [0.29, 0.717) is 17.9 Å². The lowest BCUT2D eigenvalue weighted by molar-refractivity contribution is 0.318. The summed E-state index contributed by atoms with van der Waals surface area (Å²) in [5, 5.41) is 27.0. The van der Waals surface area contributed by atoms with Crippen LogP contribution in [0, 0.1) is 22.7 Å². The number of phenols is 1. The van der Waals surface area contributed by atoms with Crippen molar-refractivity contribution in [3.05, 3.63) is 29.3 Å². The van der Waals surface area contributed by atoms with Crippen LogP contribution in [0.3, 0.4) is 0 Å². The SMILES string of the molecule is CCOc1cccc(C=C(C#N)C#N)c1O. The number of nitrogens with zero attached hydrogens (tertiary/aromatic N) is 2. The maximum Gasteiger partial charge on any atom is 0.165 e. The van der Waals surface area contributed by atoms with Crippen LogP contribution in [-0.2, 0) is 0 Å². The zero-order chi connectivity index (χ0) is 12.0. The molecule has 0 amide bonds. The molecular weight excluding hydrogens is 204 g/mol. The Balaban J connectivity index is 3.18. The highest BCUT2D eigenvalue weighted by atomic mass is 16.5. The Hall–Kier alpha value is -2.46. The van der Waals surface area contributed by atoms with Gasteiger partial charge in [0.25, 0.3) is 0 Å². The van der Waals surface area contributed by atoms with Gasteiger partial charge in [0.1, 0.15) is 17.7 Å². The Labute approximate surface area is 93.6 Å². The first kappa shape index (κ1) is 11.6.